The average Bonchev–Trinajstić information content (AvgIpc) is 3.02. The Labute approximate surface area is 84.4 Å². The Kier molecular flexibility index (Phi) is 2.52. The Morgan fingerprint density at radius 3 is 3.00 bits per heavy atom. The van der Waals surface area contributed by atoms with Gasteiger partial charge in [0, 0.05) is 26.8 Å². The number of nitrogens with zero attached hydrogens (tertiary/aromatic N) is 3. The van der Waals surface area contributed by atoms with Crippen LogP contribution in [-0.4, -0.2) is 30.6 Å². The van der Waals surface area contributed by atoms with Crippen molar-refractivity contribution in [3.63, 3.8) is 0 Å². The number of anilines is 2. The molecule has 0 spiro atoms. The summed E-state index contributed by atoms with van der Waals surface area (Å²) >= 11 is 0. The summed E-state index contributed by atoms with van der Waals surface area (Å²) in [6.45, 7) is 1.11. The summed E-state index contributed by atoms with van der Waals surface area (Å²) in [6.07, 6.45) is 4.53. The van der Waals surface area contributed by atoms with Gasteiger partial charge < -0.3 is 10.2 Å². The molecule has 1 aliphatic carbocycles. The average molecular weight is 192 g/mol. The van der Waals surface area contributed by atoms with Crippen LogP contribution in [0.1, 0.15) is 12.8 Å². The highest BCUT2D eigenvalue weighted by Gasteiger charge is 2.23. The van der Waals surface area contributed by atoms with Crippen LogP contribution in [0.3, 0.4) is 0 Å². The van der Waals surface area contributed by atoms with Crippen molar-refractivity contribution in [1.29, 1.82) is 0 Å². The van der Waals surface area contributed by atoms with Gasteiger partial charge >= 0.3 is 0 Å². The van der Waals surface area contributed by atoms with Gasteiger partial charge in [0.05, 0.1) is 0 Å². The van der Waals surface area contributed by atoms with Crippen molar-refractivity contribution < 1.29 is 0 Å². The Bertz CT molecular complexity index is 309. The lowest BCUT2D eigenvalue weighted by Gasteiger charge is -2.17. The summed E-state index contributed by atoms with van der Waals surface area (Å²) in [7, 11) is 3.92. The minimum atomic E-state index is 0.685. The quantitative estimate of drug-likeness (QED) is 0.782. The van der Waals surface area contributed by atoms with Crippen LogP contribution in [0.25, 0.3) is 0 Å². The Hall–Kier alpha value is -1.32. The van der Waals surface area contributed by atoms with Crippen LogP contribution >= 0.6 is 0 Å². The van der Waals surface area contributed by atoms with E-state index in [-0.39, 0.29) is 0 Å². The minimum absolute atomic E-state index is 0.685. The smallest absolute Gasteiger partial charge is 0.224 e. The molecule has 76 valence electrons. The highest BCUT2D eigenvalue weighted by atomic mass is 15.2. The third kappa shape index (κ3) is 2.13. The number of aromatic nitrogens is 2. The molecule has 2 rings (SSSR count). The first-order valence-electron chi connectivity index (χ1n) is 5.01. The Morgan fingerprint density at radius 2 is 2.36 bits per heavy atom. The van der Waals surface area contributed by atoms with Crippen molar-refractivity contribution in [1.82, 2.24) is 9.97 Å². The van der Waals surface area contributed by atoms with Crippen LogP contribution in [0, 0.1) is 5.92 Å². The summed E-state index contributed by atoms with van der Waals surface area (Å²) in [4.78, 5) is 10.7. The first kappa shape index (κ1) is 9.24. The molecule has 0 saturated heterocycles. The zero-order chi connectivity index (χ0) is 9.97. The van der Waals surface area contributed by atoms with Crippen molar-refractivity contribution >= 4 is 11.8 Å². The first-order chi connectivity index (χ1) is 6.79. The van der Waals surface area contributed by atoms with Gasteiger partial charge in [-0.25, -0.2) is 4.98 Å². The molecule has 4 heteroatoms. The summed E-state index contributed by atoms with van der Waals surface area (Å²) in [5.41, 5.74) is 0. The fourth-order valence-corrected chi connectivity index (χ4v) is 1.46. The molecule has 0 atom stereocenters. The van der Waals surface area contributed by atoms with E-state index >= 15 is 0 Å². The van der Waals surface area contributed by atoms with Crippen LogP contribution in [0.2, 0.25) is 0 Å². The molecular formula is C10H16N4. The second-order valence-electron chi connectivity index (χ2n) is 3.81. The van der Waals surface area contributed by atoms with E-state index in [4.69, 9.17) is 0 Å². The van der Waals surface area contributed by atoms with Crippen LogP contribution in [-0.2, 0) is 0 Å². The van der Waals surface area contributed by atoms with Gasteiger partial charge in [0.15, 0.2) is 0 Å². The van der Waals surface area contributed by atoms with Crippen LogP contribution in [0.15, 0.2) is 12.3 Å². The zero-order valence-corrected chi connectivity index (χ0v) is 8.70. The van der Waals surface area contributed by atoms with E-state index in [1.54, 1.807) is 6.20 Å². The lowest BCUT2D eigenvalue weighted by Crippen LogP contribution is -2.21. The molecule has 14 heavy (non-hydrogen) atoms. The topological polar surface area (TPSA) is 41.1 Å². The maximum absolute atomic E-state index is 4.38. The molecule has 0 aliphatic heterocycles. The predicted octanol–water partition coefficient (Wildman–Crippen LogP) is 1.36. The van der Waals surface area contributed by atoms with Crippen LogP contribution in [0.5, 0.6) is 0 Å². The third-order valence-electron chi connectivity index (χ3n) is 2.48. The summed E-state index contributed by atoms with van der Waals surface area (Å²) in [6, 6.07) is 1.95. The number of rotatable bonds is 4. The molecule has 1 aliphatic rings. The van der Waals surface area contributed by atoms with E-state index in [9.17, 15) is 0 Å². The van der Waals surface area contributed by atoms with E-state index in [1.165, 1.54) is 12.8 Å². The molecule has 0 bridgehead atoms. The van der Waals surface area contributed by atoms with E-state index < -0.39 is 0 Å². The predicted molar refractivity (Wildman–Crippen MR) is 57.6 cm³/mol. The van der Waals surface area contributed by atoms with E-state index in [2.05, 4.69) is 27.2 Å². The number of hydrogen-bond acceptors (Lipinski definition) is 4. The molecule has 0 amide bonds. The van der Waals surface area contributed by atoms with E-state index in [0.717, 1.165) is 18.3 Å². The first-order valence-corrected chi connectivity index (χ1v) is 5.01. The van der Waals surface area contributed by atoms with Gasteiger partial charge in [-0.3, -0.25) is 0 Å². The second kappa shape index (κ2) is 3.82. The van der Waals surface area contributed by atoms with Crippen LogP contribution in [0.4, 0.5) is 11.8 Å². The molecule has 0 radical (unpaired) electrons. The molecule has 1 heterocycles. The highest BCUT2D eigenvalue weighted by molar-refractivity contribution is 5.41. The lowest BCUT2D eigenvalue weighted by atomic mass is 10.4. The zero-order valence-electron chi connectivity index (χ0n) is 8.70. The van der Waals surface area contributed by atoms with E-state index in [1.807, 2.05) is 13.1 Å². The van der Waals surface area contributed by atoms with Crippen molar-refractivity contribution in [3.05, 3.63) is 12.3 Å². The molecule has 1 aromatic rings. The monoisotopic (exact) mass is 192 g/mol. The molecule has 4 nitrogen and oxygen atoms in total. The van der Waals surface area contributed by atoms with E-state index in [0.29, 0.717) is 5.95 Å². The maximum atomic E-state index is 4.38. The van der Waals surface area contributed by atoms with Crippen molar-refractivity contribution in [3.8, 4) is 0 Å². The van der Waals surface area contributed by atoms with Crippen molar-refractivity contribution in [2.75, 3.05) is 30.9 Å². The van der Waals surface area contributed by atoms with Crippen molar-refractivity contribution in [2.45, 2.75) is 12.8 Å². The highest BCUT2D eigenvalue weighted by Crippen LogP contribution is 2.30. The van der Waals surface area contributed by atoms with Gasteiger partial charge in [0.2, 0.25) is 5.95 Å². The van der Waals surface area contributed by atoms with Gasteiger partial charge in [0.25, 0.3) is 0 Å². The summed E-state index contributed by atoms with van der Waals surface area (Å²) in [5.74, 6) is 2.56. The minimum Gasteiger partial charge on any atom is -0.359 e. The standard InChI is InChI=1S/C10H16N4/c1-11-10-12-6-5-9(13-10)14(2)7-8-3-4-8/h5-6,8H,3-4,7H2,1-2H3,(H,11,12,13). The van der Waals surface area contributed by atoms with Gasteiger partial charge in [0.1, 0.15) is 5.82 Å². The summed E-state index contributed by atoms with van der Waals surface area (Å²) in [5, 5.41) is 2.94. The van der Waals surface area contributed by atoms with Gasteiger partial charge in [-0.2, -0.15) is 4.98 Å². The molecular weight excluding hydrogens is 176 g/mol. The normalized spacial score (nSPS) is 15.3. The second-order valence-corrected chi connectivity index (χ2v) is 3.81. The molecule has 0 unspecified atom stereocenters. The van der Waals surface area contributed by atoms with Gasteiger partial charge in [-0.05, 0) is 24.8 Å². The fraction of sp³-hybridized carbons (Fsp3) is 0.600. The van der Waals surface area contributed by atoms with Crippen molar-refractivity contribution in [2.24, 2.45) is 5.92 Å². The fourth-order valence-electron chi connectivity index (χ4n) is 1.46. The molecule has 1 saturated carbocycles. The van der Waals surface area contributed by atoms with Gasteiger partial charge in [-0.1, -0.05) is 0 Å². The number of hydrogen-bond donors (Lipinski definition) is 1. The largest absolute Gasteiger partial charge is 0.359 e. The molecule has 1 aromatic heterocycles. The summed E-state index contributed by atoms with van der Waals surface area (Å²) < 4.78 is 0. The molecule has 1 fully saturated rings. The molecule has 1 N–H and O–H groups in total. The Balaban J connectivity index is 2.05. The SMILES string of the molecule is CNc1nccc(N(C)CC2CC2)n1. The number of nitrogens with one attached hydrogen (secondary N) is 1. The maximum Gasteiger partial charge on any atom is 0.224 e. The Morgan fingerprint density at radius 1 is 1.57 bits per heavy atom. The third-order valence-corrected chi connectivity index (χ3v) is 2.48. The molecule has 0 aromatic carbocycles. The lowest BCUT2D eigenvalue weighted by molar-refractivity contribution is 0.776. The van der Waals surface area contributed by atoms with Gasteiger partial charge in [-0.15, -0.1) is 0 Å². The van der Waals surface area contributed by atoms with Crippen LogP contribution < -0.4 is 10.2 Å².